The second-order valence-electron chi connectivity index (χ2n) is 0. The zero-order valence-corrected chi connectivity index (χ0v) is 7.37. The Balaban J connectivity index is 0. The third-order valence-corrected chi connectivity index (χ3v) is 0. The zero-order chi connectivity index (χ0) is 0. The van der Waals surface area contributed by atoms with E-state index in [1.807, 2.05) is 0 Å². The van der Waals surface area contributed by atoms with Gasteiger partial charge in [0.05, 0.1) is 0 Å². The minimum atomic E-state index is 0. The fraction of sp³-hybridized carbons (Fsp3) is 0. The van der Waals surface area contributed by atoms with Crippen LogP contribution in [-0.4, -0.2) is 0 Å². The van der Waals surface area contributed by atoms with E-state index in [9.17, 15) is 0 Å². The van der Waals surface area contributed by atoms with E-state index in [1.54, 1.807) is 0 Å². The summed E-state index contributed by atoms with van der Waals surface area (Å²) < 4.78 is 0. The molecule has 0 aliphatic carbocycles. The molecule has 0 saturated heterocycles. The van der Waals surface area contributed by atoms with Gasteiger partial charge in [0, 0.05) is 94.2 Å². The third kappa shape index (κ3) is 8.90. The van der Waals surface area contributed by atoms with Crippen LogP contribution in [0, 0.1) is 38.6 Å². The molecule has 30 valence electrons. The Morgan fingerprint density at radius 3 is 1.00 bits per heavy atom. The Labute approximate surface area is 92.2 Å². The van der Waals surface area contributed by atoms with Crippen molar-refractivity contribution < 1.29 is 94.2 Å². The summed E-state index contributed by atoms with van der Waals surface area (Å²) in [4.78, 5) is 0. The summed E-state index contributed by atoms with van der Waals surface area (Å²) >= 11 is 0. The molecule has 0 unspecified atom stereocenters. The molecule has 0 spiro atoms. The zero-order valence-electron chi connectivity index (χ0n) is 1.52. The van der Waals surface area contributed by atoms with Crippen molar-refractivity contribution >= 4 is 0 Å². The molecule has 0 atom stereocenters. The molecule has 0 aromatic carbocycles. The quantitative estimate of drug-likeness (QED) is 0.551. The Hall–Kier alpha value is 3.03. The first-order chi connectivity index (χ1) is 0. The van der Waals surface area contributed by atoms with E-state index in [0.717, 1.165) is 0 Å². The van der Waals surface area contributed by atoms with Gasteiger partial charge in [0.15, 0.2) is 0 Å². The summed E-state index contributed by atoms with van der Waals surface area (Å²) in [6.45, 7) is 0. The summed E-state index contributed by atoms with van der Waals surface area (Å²) in [5.74, 6) is 0. The van der Waals surface area contributed by atoms with E-state index < -0.39 is 0 Å². The second kappa shape index (κ2) is 16.6. The van der Waals surface area contributed by atoms with Crippen molar-refractivity contribution in [2.24, 2.45) is 0 Å². The molecule has 0 saturated carbocycles. The van der Waals surface area contributed by atoms with Crippen molar-refractivity contribution in [2.75, 3.05) is 0 Å². The van der Waals surface area contributed by atoms with Crippen LogP contribution >= 0.6 is 0 Å². The number of hydrogen-bond donors (Lipinski definition) is 0. The third-order valence-electron chi connectivity index (χ3n) is 0. The largest absolute Gasteiger partial charge is 0 e. The number of rotatable bonds is 0. The average molecular weight is 322 g/mol. The fourth-order valence-electron chi connectivity index (χ4n) is 0. The monoisotopic (exact) mass is 322 g/mol. The topological polar surface area (TPSA) is 0 Å². The van der Waals surface area contributed by atoms with Gasteiger partial charge < -0.3 is 0 Å². The molecule has 0 aliphatic heterocycles. The standard InChI is InChI=1S/Co.Fe.Tb.Ti. The molecule has 4 heteroatoms. The molecule has 0 nitrogen and oxygen atoms in total. The van der Waals surface area contributed by atoms with Gasteiger partial charge in [-0.3, -0.25) is 0 Å². The van der Waals surface area contributed by atoms with Crippen LogP contribution in [0.3, 0.4) is 0 Å². The van der Waals surface area contributed by atoms with E-state index in [0.29, 0.717) is 0 Å². The molecule has 2 radical (unpaired) electrons. The minimum absolute atomic E-state index is 0. The van der Waals surface area contributed by atoms with Crippen LogP contribution in [-0.2, 0) is 55.6 Å². The predicted octanol–water partition coefficient (Wildman–Crippen LogP) is -0.00750. The van der Waals surface area contributed by atoms with Gasteiger partial charge in [0.2, 0.25) is 0 Å². The average Bonchev–Trinajstić information content (AvgIpc) is 0. The van der Waals surface area contributed by atoms with E-state index in [1.165, 1.54) is 0 Å². The molecule has 0 heterocycles. The van der Waals surface area contributed by atoms with E-state index in [2.05, 4.69) is 0 Å². The summed E-state index contributed by atoms with van der Waals surface area (Å²) in [5, 5.41) is 0. The van der Waals surface area contributed by atoms with Crippen molar-refractivity contribution in [1.29, 1.82) is 0 Å². The van der Waals surface area contributed by atoms with E-state index >= 15 is 0 Å². The van der Waals surface area contributed by atoms with Gasteiger partial charge in [0.25, 0.3) is 0 Å². The molecule has 4 heavy (non-hydrogen) atoms. The molecule has 0 aromatic heterocycles. The molecule has 0 amide bonds. The first-order valence-electron chi connectivity index (χ1n) is 0. The smallest absolute Gasteiger partial charge is 0 e. The molecule has 0 N–H and O–H groups in total. The van der Waals surface area contributed by atoms with Gasteiger partial charge >= 0.3 is 0 Å². The van der Waals surface area contributed by atoms with E-state index in [4.69, 9.17) is 0 Å². The van der Waals surface area contributed by atoms with Gasteiger partial charge in [-0.2, -0.15) is 0 Å². The second-order valence-corrected chi connectivity index (χ2v) is 0. The molecule has 0 aromatic rings. The van der Waals surface area contributed by atoms with Crippen LogP contribution in [0.2, 0.25) is 0 Å². The summed E-state index contributed by atoms with van der Waals surface area (Å²) in [6, 6.07) is 0. The van der Waals surface area contributed by atoms with Gasteiger partial charge in [-0.15, -0.1) is 0 Å². The van der Waals surface area contributed by atoms with Gasteiger partial charge in [-0.05, 0) is 0 Å². The SMILES string of the molecule is [Co].[Fe].[Tb].[Ti]. The van der Waals surface area contributed by atoms with Gasteiger partial charge in [-0.25, -0.2) is 0 Å². The Morgan fingerprint density at radius 2 is 1.00 bits per heavy atom. The van der Waals surface area contributed by atoms with Crippen molar-refractivity contribution in [3.63, 3.8) is 0 Å². The van der Waals surface area contributed by atoms with Crippen molar-refractivity contribution in [1.82, 2.24) is 0 Å². The molecule has 0 fully saturated rings. The van der Waals surface area contributed by atoms with Crippen molar-refractivity contribution in [3.05, 3.63) is 0 Å². The predicted molar refractivity (Wildman–Crippen MR) is 0 cm³/mol. The summed E-state index contributed by atoms with van der Waals surface area (Å²) in [7, 11) is 0. The maximum absolute atomic E-state index is 0. The fourth-order valence-corrected chi connectivity index (χ4v) is 0. The minimum Gasteiger partial charge on any atom is 0 e. The van der Waals surface area contributed by atoms with Gasteiger partial charge in [-0.1, -0.05) is 0 Å². The van der Waals surface area contributed by atoms with Crippen LogP contribution in [0.15, 0.2) is 0 Å². The molecular weight excluding hydrogens is 322 g/mol. The van der Waals surface area contributed by atoms with Crippen LogP contribution in [0.5, 0.6) is 0 Å². The Bertz CT molecular complexity index is 8.00. The first-order valence-corrected chi connectivity index (χ1v) is 0. The maximum Gasteiger partial charge on any atom is 0 e. The summed E-state index contributed by atoms with van der Waals surface area (Å²) in [6.07, 6.45) is 0. The molecular formula is CoFeTbTi. The van der Waals surface area contributed by atoms with Crippen molar-refractivity contribution in [3.8, 4) is 0 Å². The van der Waals surface area contributed by atoms with Crippen LogP contribution < -0.4 is 0 Å². The Kier molecular flexibility index (Phi) is 116. The van der Waals surface area contributed by atoms with Crippen LogP contribution in [0.4, 0.5) is 0 Å². The van der Waals surface area contributed by atoms with Crippen molar-refractivity contribution in [2.45, 2.75) is 0 Å². The first kappa shape index (κ1) is 27.9. The number of hydrogen-bond acceptors (Lipinski definition) is 0. The molecule has 0 aliphatic rings. The summed E-state index contributed by atoms with van der Waals surface area (Å²) in [5.41, 5.74) is 0. The van der Waals surface area contributed by atoms with Crippen LogP contribution in [0.1, 0.15) is 0 Å². The molecule has 0 rings (SSSR count). The van der Waals surface area contributed by atoms with Gasteiger partial charge in [0.1, 0.15) is 0 Å². The van der Waals surface area contributed by atoms with E-state index in [-0.39, 0.29) is 94.2 Å². The Morgan fingerprint density at radius 1 is 1.00 bits per heavy atom. The van der Waals surface area contributed by atoms with Crippen LogP contribution in [0.25, 0.3) is 0 Å². The normalized spacial score (nSPS) is 0. The maximum atomic E-state index is 0. The molecule has 0 bridgehead atoms.